The molecule has 0 saturated heterocycles. The highest BCUT2D eigenvalue weighted by atomic mass is 16.5. The Morgan fingerprint density at radius 3 is 1.90 bits per heavy atom. The van der Waals surface area contributed by atoms with Crippen LogP contribution in [0.1, 0.15) is 13.8 Å². The Labute approximate surface area is 60.6 Å². The van der Waals surface area contributed by atoms with Gasteiger partial charge in [-0.05, 0) is 13.8 Å². The van der Waals surface area contributed by atoms with Gasteiger partial charge in [-0.15, -0.1) is 0 Å². The fourth-order valence-corrected chi connectivity index (χ4v) is 0.328. The van der Waals surface area contributed by atoms with Gasteiger partial charge in [-0.2, -0.15) is 0 Å². The molecule has 0 bridgehead atoms. The molecule has 0 aromatic carbocycles. The van der Waals surface area contributed by atoms with Gasteiger partial charge in [0.1, 0.15) is 6.26 Å². The first-order chi connectivity index (χ1) is 4.81. The van der Waals surface area contributed by atoms with Crippen LogP contribution in [0.25, 0.3) is 0 Å². The van der Waals surface area contributed by atoms with Crippen molar-refractivity contribution in [1.82, 2.24) is 0 Å². The summed E-state index contributed by atoms with van der Waals surface area (Å²) in [5.74, 6) is -0.245. The van der Waals surface area contributed by atoms with Crippen LogP contribution in [-0.4, -0.2) is 19.2 Å². The maximum atomic E-state index is 9.59. The van der Waals surface area contributed by atoms with E-state index in [4.69, 9.17) is 4.74 Å². The third-order valence-electron chi connectivity index (χ3n) is 0.797. The number of carbonyl (C=O) groups excluding carboxylic acids is 1. The molecule has 0 N–H and O–H groups in total. The largest absolute Gasteiger partial charge is 0.431 e. The second-order valence-corrected chi connectivity index (χ2v) is 1.52. The summed E-state index contributed by atoms with van der Waals surface area (Å²) >= 11 is 0. The molecule has 0 aliphatic carbocycles. The highest BCUT2D eigenvalue weighted by Gasteiger charge is 1.99. The molecule has 0 unspecified atom stereocenters. The minimum absolute atomic E-state index is 0.245. The van der Waals surface area contributed by atoms with Gasteiger partial charge in [0.05, 0.1) is 6.08 Å². The van der Waals surface area contributed by atoms with Gasteiger partial charge in [0.25, 0.3) is 0 Å². The summed E-state index contributed by atoms with van der Waals surface area (Å²) in [6.45, 7) is 5.67. The molecule has 1 aliphatic rings. The lowest BCUT2D eigenvalue weighted by Crippen LogP contribution is -2.01. The third-order valence-corrected chi connectivity index (χ3v) is 0.797. The summed E-state index contributed by atoms with van der Waals surface area (Å²) in [5, 5.41) is 0. The first kappa shape index (κ1) is 9.17. The maximum absolute atomic E-state index is 9.59. The summed E-state index contributed by atoms with van der Waals surface area (Å²) in [6, 6.07) is 0. The van der Waals surface area contributed by atoms with Gasteiger partial charge in [0.2, 0.25) is 0 Å². The van der Waals surface area contributed by atoms with Crippen molar-refractivity contribution in [2.75, 3.05) is 13.2 Å². The Hall–Kier alpha value is -0.830. The number of rotatable bonds is 2. The summed E-state index contributed by atoms with van der Waals surface area (Å²) in [6.07, 6.45) is 2.71. The molecule has 3 heteroatoms. The molecule has 0 amide bonds. The average molecular weight is 144 g/mol. The second-order valence-electron chi connectivity index (χ2n) is 1.52. The topological polar surface area (TPSA) is 35.5 Å². The lowest BCUT2D eigenvalue weighted by molar-refractivity contribution is -0.136. The molecule has 1 rings (SSSR count). The number of carbonyl (C=O) groups is 1. The molecule has 0 fully saturated rings. The van der Waals surface area contributed by atoms with E-state index in [2.05, 4.69) is 4.74 Å². The van der Waals surface area contributed by atoms with E-state index in [-0.39, 0.29) is 5.97 Å². The van der Waals surface area contributed by atoms with Crippen molar-refractivity contribution in [3.05, 3.63) is 12.3 Å². The Morgan fingerprint density at radius 1 is 1.50 bits per heavy atom. The van der Waals surface area contributed by atoms with Crippen LogP contribution in [0.15, 0.2) is 12.3 Å². The van der Waals surface area contributed by atoms with Crippen molar-refractivity contribution in [2.45, 2.75) is 13.8 Å². The Kier molecular flexibility index (Phi) is 5.77. The summed E-state index contributed by atoms with van der Waals surface area (Å²) in [5.41, 5.74) is 0. The van der Waals surface area contributed by atoms with E-state index in [1.807, 2.05) is 13.8 Å². The normalized spacial score (nSPS) is 12.8. The molecule has 0 saturated carbocycles. The highest BCUT2D eigenvalue weighted by Crippen LogP contribution is 1.91. The fourth-order valence-electron chi connectivity index (χ4n) is 0.328. The zero-order valence-electron chi connectivity index (χ0n) is 6.29. The van der Waals surface area contributed by atoms with Crippen molar-refractivity contribution in [3.63, 3.8) is 0 Å². The van der Waals surface area contributed by atoms with Gasteiger partial charge in [-0.3, -0.25) is 0 Å². The van der Waals surface area contributed by atoms with E-state index in [0.717, 1.165) is 13.2 Å². The molecular formula is C7H12O3. The van der Waals surface area contributed by atoms with E-state index in [1.165, 1.54) is 12.3 Å². The SMILES string of the molecule is CCOCC.O=C1C=CO1. The van der Waals surface area contributed by atoms with Gasteiger partial charge in [0.15, 0.2) is 0 Å². The van der Waals surface area contributed by atoms with Crippen molar-refractivity contribution >= 4 is 5.97 Å². The number of esters is 1. The van der Waals surface area contributed by atoms with Gasteiger partial charge in [0, 0.05) is 13.2 Å². The smallest absolute Gasteiger partial charge is 0.338 e. The summed E-state index contributed by atoms with van der Waals surface area (Å²) in [7, 11) is 0. The number of hydrogen-bond donors (Lipinski definition) is 0. The van der Waals surface area contributed by atoms with Crippen LogP contribution in [0.5, 0.6) is 0 Å². The van der Waals surface area contributed by atoms with E-state index >= 15 is 0 Å². The van der Waals surface area contributed by atoms with E-state index < -0.39 is 0 Å². The molecule has 3 nitrogen and oxygen atoms in total. The van der Waals surface area contributed by atoms with Crippen molar-refractivity contribution < 1.29 is 14.3 Å². The monoisotopic (exact) mass is 144 g/mol. The minimum Gasteiger partial charge on any atom is -0.431 e. The van der Waals surface area contributed by atoms with Gasteiger partial charge >= 0.3 is 5.97 Å². The Balaban J connectivity index is 0.000000162. The van der Waals surface area contributed by atoms with E-state index in [9.17, 15) is 4.79 Å². The Morgan fingerprint density at radius 2 is 1.90 bits per heavy atom. The summed E-state index contributed by atoms with van der Waals surface area (Å²) < 4.78 is 8.94. The van der Waals surface area contributed by atoms with Crippen LogP contribution >= 0.6 is 0 Å². The lowest BCUT2D eigenvalue weighted by atomic mass is 10.6. The standard InChI is InChI=1S/C4H10O.C3H2O2/c1-3-5-4-2;4-3-1-2-5-3/h3-4H2,1-2H3;1-2H. The number of hydrogen-bond acceptors (Lipinski definition) is 3. The number of ether oxygens (including phenoxy) is 2. The van der Waals surface area contributed by atoms with Gasteiger partial charge in [-0.1, -0.05) is 0 Å². The molecule has 1 aliphatic heterocycles. The molecule has 1 heterocycles. The lowest BCUT2D eigenvalue weighted by Gasteiger charge is -1.96. The Bertz CT molecular complexity index is 116. The minimum atomic E-state index is -0.245. The highest BCUT2D eigenvalue weighted by molar-refractivity contribution is 5.86. The summed E-state index contributed by atoms with van der Waals surface area (Å²) in [4.78, 5) is 9.59. The van der Waals surface area contributed by atoms with Crippen LogP contribution in [-0.2, 0) is 14.3 Å². The average Bonchev–Trinajstić information content (AvgIpc) is 1.87. The van der Waals surface area contributed by atoms with Crippen LogP contribution in [0.4, 0.5) is 0 Å². The fraction of sp³-hybridized carbons (Fsp3) is 0.571. The van der Waals surface area contributed by atoms with Crippen LogP contribution in [0, 0.1) is 0 Å². The molecule has 0 spiro atoms. The van der Waals surface area contributed by atoms with Gasteiger partial charge in [-0.25, -0.2) is 4.79 Å². The van der Waals surface area contributed by atoms with Gasteiger partial charge < -0.3 is 9.47 Å². The molecule has 0 atom stereocenters. The maximum Gasteiger partial charge on any atom is 0.338 e. The van der Waals surface area contributed by atoms with Crippen molar-refractivity contribution in [1.29, 1.82) is 0 Å². The molecule has 0 radical (unpaired) electrons. The zero-order chi connectivity index (χ0) is 7.82. The van der Waals surface area contributed by atoms with Crippen LogP contribution in [0.2, 0.25) is 0 Å². The van der Waals surface area contributed by atoms with Crippen LogP contribution < -0.4 is 0 Å². The van der Waals surface area contributed by atoms with Crippen molar-refractivity contribution in [3.8, 4) is 0 Å². The third kappa shape index (κ3) is 5.31. The quantitative estimate of drug-likeness (QED) is 0.544. The molecule has 58 valence electrons. The van der Waals surface area contributed by atoms with Crippen LogP contribution in [0.3, 0.4) is 0 Å². The van der Waals surface area contributed by atoms with E-state index in [1.54, 1.807) is 0 Å². The van der Waals surface area contributed by atoms with Crippen molar-refractivity contribution in [2.24, 2.45) is 0 Å². The molecular weight excluding hydrogens is 132 g/mol. The van der Waals surface area contributed by atoms with E-state index in [0.29, 0.717) is 0 Å². The second kappa shape index (κ2) is 6.29. The first-order valence-corrected chi connectivity index (χ1v) is 3.26. The number of cyclic esters (lactones) is 1. The predicted octanol–water partition coefficient (Wildman–Crippen LogP) is 1.10. The molecule has 10 heavy (non-hydrogen) atoms. The predicted molar refractivity (Wildman–Crippen MR) is 37.4 cm³/mol. The molecule has 0 aromatic rings. The first-order valence-electron chi connectivity index (χ1n) is 3.26. The molecule has 0 aromatic heterocycles. The zero-order valence-corrected chi connectivity index (χ0v) is 6.29.